The molecule has 1 spiro atoms. The van der Waals surface area contributed by atoms with Crippen molar-refractivity contribution >= 4 is 17.0 Å². The first-order valence-corrected chi connectivity index (χ1v) is 13.3. The average Bonchev–Trinajstić information content (AvgIpc) is 3.26. The molecule has 2 aliphatic rings. The molecule has 1 aromatic heterocycles. The SMILES string of the molecule is COc1cc(C)c2c(ccn2C(=O)OC(C)(C)C)c1CN1CCC2(CC(F)C2)CC1c1ccc(C)cc1. The third-order valence-corrected chi connectivity index (χ3v) is 8.17. The Bertz CT molecular complexity index is 1300. The Hall–Kier alpha value is -2.86. The molecule has 5 nitrogen and oxygen atoms in total. The fourth-order valence-corrected chi connectivity index (χ4v) is 6.31. The third kappa shape index (κ3) is 5.00. The van der Waals surface area contributed by atoms with E-state index in [0.717, 1.165) is 47.2 Å². The zero-order valence-corrected chi connectivity index (χ0v) is 22.9. The molecule has 3 aromatic rings. The lowest BCUT2D eigenvalue weighted by atomic mass is 9.60. The molecule has 0 radical (unpaired) electrons. The minimum Gasteiger partial charge on any atom is -0.496 e. The highest BCUT2D eigenvalue weighted by atomic mass is 19.1. The van der Waals surface area contributed by atoms with E-state index in [9.17, 15) is 9.18 Å². The number of aromatic nitrogens is 1. The lowest BCUT2D eigenvalue weighted by Crippen LogP contribution is -2.49. The topological polar surface area (TPSA) is 43.7 Å². The molecule has 1 saturated carbocycles. The molecule has 6 heteroatoms. The number of likely N-dealkylation sites (tertiary alicyclic amines) is 1. The molecule has 0 N–H and O–H groups in total. The van der Waals surface area contributed by atoms with Gasteiger partial charge in [0.25, 0.3) is 0 Å². The summed E-state index contributed by atoms with van der Waals surface area (Å²) in [6.07, 6.45) is 4.09. The molecule has 0 amide bonds. The van der Waals surface area contributed by atoms with Crippen LogP contribution in [0.1, 0.15) is 74.8 Å². The maximum Gasteiger partial charge on any atom is 0.419 e. The third-order valence-electron chi connectivity index (χ3n) is 8.17. The largest absolute Gasteiger partial charge is 0.496 e. The van der Waals surface area contributed by atoms with Crippen LogP contribution in [0.5, 0.6) is 5.75 Å². The molecule has 0 bridgehead atoms. The molecule has 1 aliphatic carbocycles. The summed E-state index contributed by atoms with van der Waals surface area (Å²) >= 11 is 0. The molecular weight excluding hydrogens is 467 g/mol. The van der Waals surface area contributed by atoms with Crippen LogP contribution in [-0.4, -0.2) is 41.0 Å². The van der Waals surface area contributed by atoms with Crippen LogP contribution in [0.15, 0.2) is 42.6 Å². The van der Waals surface area contributed by atoms with Gasteiger partial charge in [0, 0.05) is 29.7 Å². The number of hydrogen-bond donors (Lipinski definition) is 0. The summed E-state index contributed by atoms with van der Waals surface area (Å²) in [5.41, 5.74) is 4.92. The number of alkyl halides is 1. The number of piperidine rings is 1. The lowest BCUT2D eigenvalue weighted by molar-refractivity contribution is -0.0560. The summed E-state index contributed by atoms with van der Waals surface area (Å²) in [6, 6.07) is 13.0. The van der Waals surface area contributed by atoms with Crippen LogP contribution in [0.4, 0.5) is 9.18 Å². The molecule has 198 valence electrons. The number of nitrogens with zero attached hydrogens (tertiary/aromatic N) is 2. The summed E-state index contributed by atoms with van der Waals surface area (Å²) in [5, 5.41) is 0.998. The van der Waals surface area contributed by atoms with Crippen LogP contribution < -0.4 is 4.74 Å². The van der Waals surface area contributed by atoms with Gasteiger partial charge in [0.1, 0.15) is 17.5 Å². The maximum atomic E-state index is 14.0. The van der Waals surface area contributed by atoms with E-state index in [-0.39, 0.29) is 17.6 Å². The van der Waals surface area contributed by atoms with Gasteiger partial charge in [-0.05, 0) is 95.5 Å². The van der Waals surface area contributed by atoms with Gasteiger partial charge in [0.2, 0.25) is 0 Å². The predicted molar refractivity (Wildman–Crippen MR) is 145 cm³/mol. The second-order valence-corrected chi connectivity index (χ2v) is 12.2. The number of fused-ring (bicyclic) bond motifs is 1. The van der Waals surface area contributed by atoms with Crippen LogP contribution >= 0.6 is 0 Å². The van der Waals surface area contributed by atoms with E-state index in [1.807, 2.05) is 39.8 Å². The zero-order chi connectivity index (χ0) is 26.5. The average molecular weight is 507 g/mol. The predicted octanol–water partition coefficient (Wildman–Crippen LogP) is 7.51. The quantitative estimate of drug-likeness (QED) is 0.367. The fourth-order valence-electron chi connectivity index (χ4n) is 6.31. The Labute approximate surface area is 219 Å². The molecule has 37 heavy (non-hydrogen) atoms. The second-order valence-electron chi connectivity index (χ2n) is 12.2. The van der Waals surface area contributed by atoms with Crippen LogP contribution in [0, 0.1) is 19.3 Å². The van der Waals surface area contributed by atoms with Crippen LogP contribution in [0.3, 0.4) is 0 Å². The van der Waals surface area contributed by atoms with Gasteiger partial charge in [-0.25, -0.2) is 9.18 Å². The number of halogens is 1. The van der Waals surface area contributed by atoms with E-state index in [0.29, 0.717) is 19.4 Å². The van der Waals surface area contributed by atoms with Gasteiger partial charge in [0.15, 0.2) is 0 Å². The molecule has 1 unspecified atom stereocenters. The molecule has 2 fully saturated rings. The van der Waals surface area contributed by atoms with Gasteiger partial charge >= 0.3 is 6.09 Å². The Morgan fingerprint density at radius 2 is 1.81 bits per heavy atom. The highest BCUT2D eigenvalue weighted by molar-refractivity contribution is 5.95. The van der Waals surface area contributed by atoms with Crippen molar-refractivity contribution in [2.24, 2.45) is 5.41 Å². The van der Waals surface area contributed by atoms with Gasteiger partial charge < -0.3 is 9.47 Å². The smallest absolute Gasteiger partial charge is 0.419 e. The Balaban J connectivity index is 1.53. The first-order chi connectivity index (χ1) is 17.5. The van der Waals surface area contributed by atoms with Gasteiger partial charge in [-0.2, -0.15) is 0 Å². The number of carbonyl (C=O) groups excluding carboxylic acids is 1. The van der Waals surface area contributed by atoms with Crippen molar-refractivity contribution < 1.29 is 18.7 Å². The van der Waals surface area contributed by atoms with Crippen molar-refractivity contribution in [2.75, 3.05) is 13.7 Å². The van der Waals surface area contributed by atoms with Crippen LogP contribution in [0.2, 0.25) is 0 Å². The Morgan fingerprint density at radius 3 is 2.43 bits per heavy atom. The van der Waals surface area contributed by atoms with E-state index in [1.165, 1.54) is 11.1 Å². The van der Waals surface area contributed by atoms with Crippen molar-refractivity contribution in [3.05, 3.63) is 64.8 Å². The summed E-state index contributed by atoms with van der Waals surface area (Å²) in [4.78, 5) is 15.5. The molecule has 1 atom stereocenters. The number of benzene rings is 2. The van der Waals surface area contributed by atoms with Crippen molar-refractivity contribution in [1.29, 1.82) is 0 Å². The number of methoxy groups -OCH3 is 1. The van der Waals surface area contributed by atoms with Gasteiger partial charge in [-0.15, -0.1) is 0 Å². The number of ether oxygens (including phenoxy) is 2. The van der Waals surface area contributed by atoms with Crippen molar-refractivity contribution in [1.82, 2.24) is 9.47 Å². The standard InChI is InChI=1S/C31H39FN2O3/c1-20-7-9-22(10-8-20)26-18-31(16-23(32)17-31)12-14-33(26)19-25-24-11-13-34(29(35)37-30(3,4)5)28(24)21(2)15-27(25)36-6/h7-11,13,15,23,26H,12,14,16-19H2,1-6H3. The normalized spacial score (nSPS) is 24.3. The summed E-state index contributed by atoms with van der Waals surface area (Å²) in [7, 11) is 1.70. The van der Waals surface area contributed by atoms with E-state index in [2.05, 4.69) is 36.1 Å². The number of rotatable bonds is 4. The minimum absolute atomic E-state index is 0.109. The molecule has 2 heterocycles. The monoisotopic (exact) mass is 506 g/mol. The van der Waals surface area contributed by atoms with Gasteiger partial charge in [-0.3, -0.25) is 9.47 Å². The number of aryl methyl sites for hydroxylation is 2. The van der Waals surface area contributed by atoms with Crippen LogP contribution in [0.25, 0.3) is 10.9 Å². The Morgan fingerprint density at radius 1 is 1.11 bits per heavy atom. The summed E-state index contributed by atoms with van der Waals surface area (Å²) in [6.45, 7) is 11.3. The first kappa shape index (κ1) is 25.8. The van der Waals surface area contributed by atoms with Gasteiger partial charge in [0.05, 0.1) is 12.6 Å². The first-order valence-electron chi connectivity index (χ1n) is 13.3. The second kappa shape index (κ2) is 9.46. The van der Waals surface area contributed by atoms with E-state index in [1.54, 1.807) is 17.9 Å². The summed E-state index contributed by atoms with van der Waals surface area (Å²) in [5.74, 6) is 0.822. The molecule has 2 aromatic carbocycles. The number of carbonyl (C=O) groups is 1. The lowest BCUT2D eigenvalue weighted by Gasteiger charge is -2.53. The highest BCUT2D eigenvalue weighted by Crippen LogP contribution is 2.55. The molecule has 5 rings (SSSR count). The van der Waals surface area contributed by atoms with Crippen molar-refractivity contribution in [3.63, 3.8) is 0 Å². The van der Waals surface area contributed by atoms with Gasteiger partial charge in [-0.1, -0.05) is 29.8 Å². The summed E-state index contributed by atoms with van der Waals surface area (Å²) < 4.78 is 27.1. The maximum absolute atomic E-state index is 14.0. The minimum atomic E-state index is -0.658. The molecular formula is C31H39FN2O3. The Kier molecular flexibility index (Phi) is 6.59. The number of hydrogen-bond acceptors (Lipinski definition) is 4. The van der Waals surface area contributed by atoms with E-state index >= 15 is 0 Å². The molecule has 1 saturated heterocycles. The molecule has 1 aliphatic heterocycles. The zero-order valence-electron chi connectivity index (χ0n) is 22.9. The van der Waals surface area contributed by atoms with E-state index in [4.69, 9.17) is 9.47 Å². The highest BCUT2D eigenvalue weighted by Gasteiger charge is 2.49. The van der Waals surface area contributed by atoms with Crippen molar-refractivity contribution in [3.8, 4) is 5.75 Å². The fraction of sp³-hybridized carbons (Fsp3) is 0.516. The van der Waals surface area contributed by atoms with E-state index < -0.39 is 11.8 Å². The van der Waals surface area contributed by atoms with Crippen LogP contribution in [-0.2, 0) is 11.3 Å². The van der Waals surface area contributed by atoms with Crippen molar-refractivity contribution in [2.45, 2.75) is 84.7 Å².